The molecule has 0 radical (unpaired) electrons. The summed E-state index contributed by atoms with van der Waals surface area (Å²) in [7, 11) is -4.61. The van der Waals surface area contributed by atoms with Gasteiger partial charge < -0.3 is 34.3 Å². The molecule has 1 saturated heterocycles. The smallest absolute Gasteiger partial charge is 0.306 e. The van der Waals surface area contributed by atoms with Crippen molar-refractivity contribution >= 4 is 22.1 Å². The van der Waals surface area contributed by atoms with Crippen LogP contribution in [0.5, 0.6) is 0 Å². The molecule has 0 aromatic carbocycles. The summed E-state index contributed by atoms with van der Waals surface area (Å²) in [5, 5.41) is 31.1. The minimum Gasteiger partial charge on any atom is -0.462 e. The highest BCUT2D eigenvalue weighted by Crippen LogP contribution is 2.24. The van der Waals surface area contributed by atoms with Crippen molar-refractivity contribution in [3.05, 3.63) is 24.3 Å². The van der Waals surface area contributed by atoms with E-state index in [0.29, 0.717) is 19.3 Å². The zero-order valence-corrected chi connectivity index (χ0v) is 46.9. The lowest BCUT2D eigenvalue weighted by Crippen LogP contribution is -2.60. The topological polar surface area (TPSA) is 186 Å². The third kappa shape index (κ3) is 42.4. The van der Waals surface area contributed by atoms with Crippen LogP contribution >= 0.6 is 0 Å². The average molecular weight is 1040 g/mol. The van der Waals surface area contributed by atoms with Crippen LogP contribution in [0.3, 0.4) is 0 Å². The van der Waals surface area contributed by atoms with Crippen LogP contribution in [0.4, 0.5) is 0 Å². The molecule has 1 rings (SSSR count). The number of esters is 2. The van der Waals surface area contributed by atoms with Crippen LogP contribution in [-0.2, 0) is 38.7 Å². The van der Waals surface area contributed by atoms with Gasteiger partial charge in [0.25, 0.3) is 10.1 Å². The molecule has 1 aliphatic rings. The van der Waals surface area contributed by atoms with Crippen LogP contribution in [0.25, 0.3) is 0 Å². The largest absolute Gasteiger partial charge is 0.462 e. The Kier molecular flexibility index (Phi) is 46.1. The molecular formula is C59H110O12S. The first-order chi connectivity index (χ1) is 35.0. The minimum atomic E-state index is -4.61. The number of carbonyl (C=O) groups excluding carboxylic acids is 2. The Labute approximate surface area is 440 Å². The van der Waals surface area contributed by atoms with E-state index in [4.69, 9.17) is 18.9 Å². The summed E-state index contributed by atoms with van der Waals surface area (Å²) in [6.07, 6.45) is 49.5. The van der Waals surface area contributed by atoms with Crippen LogP contribution < -0.4 is 0 Å². The molecule has 6 atom stereocenters. The van der Waals surface area contributed by atoms with Crippen LogP contribution in [0, 0.1) is 0 Å². The second-order valence-corrected chi connectivity index (χ2v) is 22.5. The van der Waals surface area contributed by atoms with E-state index in [1.807, 2.05) is 0 Å². The lowest BCUT2D eigenvalue weighted by atomic mass is 10.00. The molecule has 2 unspecified atom stereocenters. The van der Waals surface area contributed by atoms with Crippen molar-refractivity contribution in [2.75, 3.05) is 19.0 Å². The lowest BCUT2D eigenvalue weighted by Gasteiger charge is -2.40. The van der Waals surface area contributed by atoms with E-state index in [-0.39, 0.29) is 19.4 Å². The number of aliphatic hydroxyl groups excluding tert-OH is 3. The summed E-state index contributed by atoms with van der Waals surface area (Å²) in [4.78, 5) is 25.6. The van der Waals surface area contributed by atoms with E-state index in [0.717, 1.165) is 38.5 Å². The monoisotopic (exact) mass is 1040 g/mol. The number of carbonyl (C=O) groups is 2. The molecule has 13 heteroatoms. The molecule has 0 aromatic rings. The number of aliphatic hydroxyl groups is 3. The normalized spacial score (nSPS) is 18.9. The molecule has 4 N–H and O–H groups in total. The first-order valence-electron chi connectivity index (χ1n) is 29.9. The molecule has 424 valence electrons. The Hall–Kier alpha value is -1.87. The van der Waals surface area contributed by atoms with E-state index >= 15 is 0 Å². The van der Waals surface area contributed by atoms with Crippen LogP contribution in [-0.4, -0.2) is 96.0 Å². The maximum Gasteiger partial charge on any atom is 0.306 e. The fraction of sp³-hybridized carbons (Fsp3) is 0.898. The van der Waals surface area contributed by atoms with Crippen molar-refractivity contribution in [3.63, 3.8) is 0 Å². The number of allylic oxidation sites excluding steroid dienone is 4. The summed E-state index contributed by atoms with van der Waals surface area (Å²) in [5.41, 5.74) is 0. The molecule has 0 saturated carbocycles. The third-order valence-corrected chi connectivity index (χ3v) is 14.8. The Balaban J connectivity index is 2.31. The zero-order valence-electron chi connectivity index (χ0n) is 46.1. The number of unbranched alkanes of at least 4 members (excludes halogenated alkanes) is 36. The van der Waals surface area contributed by atoms with Gasteiger partial charge in [-0.1, -0.05) is 250 Å². The van der Waals surface area contributed by atoms with Crippen molar-refractivity contribution in [3.8, 4) is 0 Å². The first kappa shape index (κ1) is 68.1. The van der Waals surface area contributed by atoms with Gasteiger partial charge in [-0.15, -0.1) is 0 Å². The maximum atomic E-state index is 12.9. The van der Waals surface area contributed by atoms with Crippen LogP contribution in [0.2, 0.25) is 0 Å². The number of ether oxygens (including phenoxy) is 4. The van der Waals surface area contributed by atoms with Crippen molar-refractivity contribution < 1.29 is 56.8 Å². The molecular weight excluding hydrogens is 933 g/mol. The van der Waals surface area contributed by atoms with Crippen molar-refractivity contribution in [2.24, 2.45) is 0 Å². The van der Waals surface area contributed by atoms with Gasteiger partial charge in [0.15, 0.2) is 12.4 Å². The second-order valence-electron chi connectivity index (χ2n) is 21.0. The second kappa shape index (κ2) is 48.8. The maximum absolute atomic E-state index is 12.9. The fourth-order valence-electron chi connectivity index (χ4n) is 9.41. The van der Waals surface area contributed by atoms with E-state index in [1.165, 1.54) is 199 Å². The molecule has 0 aliphatic carbocycles. The molecule has 1 heterocycles. The van der Waals surface area contributed by atoms with Gasteiger partial charge in [-0.2, -0.15) is 8.42 Å². The summed E-state index contributed by atoms with van der Waals surface area (Å²) in [5.74, 6) is -2.02. The molecule has 12 nitrogen and oxygen atoms in total. The van der Waals surface area contributed by atoms with E-state index in [1.54, 1.807) is 0 Å². The predicted octanol–water partition coefficient (Wildman–Crippen LogP) is 14.7. The number of hydrogen-bond acceptors (Lipinski definition) is 11. The van der Waals surface area contributed by atoms with Crippen molar-refractivity contribution in [1.82, 2.24) is 0 Å². The number of rotatable bonds is 52. The Bertz CT molecular complexity index is 1410. The summed E-state index contributed by atoms with van der Waals surface area (Å²) in [6.45, 7) is 3.80. The quantitative estimate of drug-likeness (QED) is 0.0196. The molecule has 0 spiro atoms. The molecule has 1 fully saturated rings. The highest BCUT2D eigenvalue weighted by molar-refractivity contribution is 7.85. The van der Waals surface area contributed by atoms with Gasteiger partial charge >= 0.3 is 11.9 Å². The van der Waals surface area contributed by atoms with Gasteiger partial charge in [-0.3, -0.25) is 14.1 Å². The Morgan fingerprint density at radius 1 is 0.458 bits per heavy atom. The number of hydrogen-bond donors (Lipinski definition) is 4. The molecule has 1 aliphatic heterocycles. The third-order valence-electron chi connectivity index (χ3n) is 14.0. The van der Waals surface area contributed by atoms with Gasteiger partial charge in [-0.05, 0) is 44.9 Å². The van der Waals surface area contributed by atoms with Crippen LogP contribution in [0.15, 0.2) is 24.3 Å². The highest BCUT2D eigenvalue weighted by atomic mass is 32.2. The standard InChI is InChI=1S/C59H110O12S/c1-3-5-7-9-11-13-15-17-19-21-23-25-26-28-30-32-34-36-38-40-42-44-46-48-55(61)70-52(50-69-59-58(64)57(63)56(62)53(71-59)51-72(65,66)67)49-68-54(60)47-45-43-41-39-37-35-33-31-29-27-24-22-20-18-16-14-12-10-8-6-4-2/h32,34,40,42,52-53,56-59,62-64H,3-31,33,35-39,41,43-51H2,1-2H3,(H,65,66,67)/b34-32+,42-40+/t52-,53-,56-,57?,58?,59+/m1/s1. The fourth-order valence-corrected chi connectivity index (χ4v) is 10.1. The zero-order chi connectivity index (χ0) is 52.6. The summed E-state index contributed by atoms with van der Waals surface area (Å²) >= 11 is 0. The molecule has 72 heavy (non-hydrogen) atoms. The van der Waals surface area contributed by atoms with Gasteiger partial charge in [-0.25, -0.2) is 0 Å². The van der Waals surface area contributed by atoms with E-state index < -0.39 is 71.2 Å². The van der Waals surface area contributed by atoms with Crippen molar-refractivity contribution in [2.45, 2.75) is 320 Å². The minimum absolute atomic E-state index is 0.108. The van der Waals surface area contributed by atoms with Gasteiger partial charge in [0.05, 0.1) is 6.61 Å². The SMILES string of the molecule is CCCCCCCCCCCCCCCC/C=C/CC/C=C/CCCC(=O)O[C@H](COC(=O)CCCCCCCCCCCCCCCCCCCCCCC)CO[C@H]1O[C@H](CS(=O)(=O)O)[C@@H](O)C(O)C1O. The summed E-state index contributed by atoms with van der Waals surface area (Å²) in [6, 6.07) is 0. The van der Waals surface area contributed by atoms with Crippen LogP contribution in [0.1, 0.15) is 284 Å². The van der Waals surface area contributed by atoms with E-state index in [9.17, 15) is 37.9 Å². The van der Waals surface area contributed by atoms with Crippen molar-refractivity contribution in [1.29, 1.82) is 0 Å². The van der Waals surface area contributed by atoms with Gasteiger partial charge in [0.1, 0.15) is 36.8 Å². The molecule has 0 bridgehead atoms. The summed E-state index contributed by atoms with van der Waals surface area (Å²) < 4.78 is 54.4. The average Bonchev–Trinajstić information content (AvgIpc) is 3.35. The Morgan fingerprint density at radius 3 is 1.24 bits per heavy atom. The van der Waals surface area contributed by atoms with E-state index in [2.05, 4.69) is 38.2 Å². The Morgan fingerprint density at radius 2 is 0.819 bits per heavy atom. The molecule has 0 amide bonds. The van der Waals surface area contributed by atoms with Gasteiger partial charge in [0, 0.05) is 12.8 Å². The van der Waals surface area contributed by atoms with Gasteiger partial charge in [0.2, 0.25) is 0 Å². The highest BCUT2D eigenvalue weighted by Gasteiger charge is 2.46. The first-order valence-corrected chi connectivity index (χ1v) is 31.5. The molecule has 0 aromatic heterocycles. The predicted molar refractivity (Wildman–Crippen MR) is 293 cm³/mol. The lowest BCUT2D eigenvalue weighted by molar-refractivity contribution is -0.297.